The summed E-state index contributed by atoms with van der Waals surface area (Å²) in [7, 11) is 0. The molecule has 1 aliphatic heterocycles. The van der Waals surface area contributed by atoms with Gasteiger partial charge < -0.3 is 21.3 Å². The standard InChI is InChI=1S/C28H25F2N5O3S/c1-27-10-20(26(38)34-22-9-15(13-39-22)24(31)32)35(21(27)11-27)23(36)12-33-25(37)14-6-7-19-17(8-14)16-4-2-3-5-18(16)28(19,29)30/h2-9,13,20-21H,10-12H2,1H3,(H3,31,32)(H,33,37)(H,34,38). The molecule has 2 aromatic carbocycles. The molecule has 2 aliphatic carbocycles. The van der Waals surface area contributed by atoms with Crippen LogP contribution in [0.4, 0.5) is 13.8 Å². The van der Waals surface area contributed by atoms with Crippen LogP contribution in [0, 0.1) is 10.8 Å². The Bertz CT molecular complexity index is 1570. The van der Waals surface area contributed by atoms with Crippen LogP contribution in [0.2, 0.25) is 0 Å². The summed E-state index contributed by atoms with van der Waals surface area (Å²) in [6.45, 7) is 1.70. The monoisotopic (exact) mass is 549 g/mol. The second-order valence-corrected chi connectivity index (χ2v) is 11.5. The van der Waals surface area contributed by atoms with Gasteiger partial charge in [-0.05, 0) is 47.6 Å². The molecular formula is C28H25F2N5O3S. The number of benzene rings is 2. The number of carbonyl (C=O) groups excluding carboxylic acids is 3. The van der Waals surface area contributed by atoms with E-state index < -0.39 is 17.9 Å². The molecule has 0 spiro atoms. The van der Waals surface area contributed by atoms with Crippen molar-refractivity contribution >= 4 is 39.9 Å². The molecule has 2 fully saturated rings. The third-order valence-electron chi connectivity index (χ3n) is 7.96. The summed E-state index contributed by atoms with van der Waals surface area (Å²) >= 11 is 1.24. The van der Waals surface area contributed by atoms with E-state index in [1.165, 1.54) is 35.6 Å². The number of halogens is 2. The number of nitrogens with one attached hydrogen (secondary N) is 3. The van der Waals surface area contributed by atoms with Gasteiger partial charge >= 0.3 is 0 Å². The maximum absolute atomic E-state index is 14.8. The molecule has 1 saturated heterocycles. The van der Waals surface area contributed by atoms with Crippen LogP contribution in [-0.2, 0) is 15.5 Å². The Hall–Kier alpha value is -4.12. The third kappa shape index (κ3) is 4.08. The SMILES string of the molecule is CC12CC(C(=O)Nc3cc(C(=N)N)cs3)N(C(=O)CNC(=O)c3ccc4c(c3)-c3ccccc3C4(F)F)C1C2. The molecule has 3 aromatic rings. The van der Waals surface area contributed by atoms with E-state index in [2.05, 4.69) is 10.6 Å². The molecule has 6 rings (SSSR count). The first-order valence-corrected chi connectivity index (χ1v) is 13.3. The number of nitrogen functional groups attached to an aromatic ring is 1. The zero-order valence-electron chi connectivity index (χ0n) is 20.9. The van der Waals surface area contributed by atoms with Crippen molar-refractivity contribution in [2.45, 2.75) is 37.8 Å². The molecule has 3 amide bonds. The minimum Gasteiger partial charge on any atom is -0.384 e. The lowest BCUT2D eigenvalue weighted by molar-refractivity contribution is -0.137. The highest BCUT2D eigenvalue weighted by Gasteiger charge is 2.64. The fourth-order valence-electron chi connectivity index (χ4n) is 5.78. The fourth-order valence-corrected chi connectivity index (χ4v) is 6.58. The van der Waals surface area contributed by atoms with Crippen molar-refractivity contribution in [3.63, 3.8) is 0 Å². The van der Waals surface area contributed by atoms with Gasteiger partial charge in [-0.15, -0.1) is 11.3 Å². The van der Waals surface area contributed by atoms with Gasteiger partial charge in [0, 0.05) is 33.7 Å². The van der Waals surface area contributed by atoms with E-state index >= 15 is 0 Å². The average molecular weight is 550 g/mol. The molecule has 1 aromatic heterocycles. The van der Waals surface area contributed by atoms with Crippen molar-refractivity contribution in [3.8, 4) is 11.1 Å². The second-order valence-electron chi connectivity index (χ2n) is 10.6. The Morgan fingerprint density at radius 3 is 2.56 bits per heavy atom. The highest BCUT2D eigenvalue weighted by atomic mass is 32.1. The topological polar surface area (TPSA) is 128 Å². The van der Waals surface area contributed by atoms with E-state index in [0.717, 1.165) is 6.42 Å². The lowest BCUT2D eigenvalue weighted by atomic mass is 10.0. The van der Waals surface area contributed by atoms with Gasteiger partial charge in [-0.25, -0.2) is 0 Å². The molecule has 0 bridgehead atoms. The molecule has 0 radical (unpaired) electrons. The zero-order chi connectivity index (χ0) is 27.7. The minimum absolute atomic E-state index is 0.0903. The Balaban J connectivity index is 1.15. The minimum atomic E-state index is -3.14. The summed E-state index contributed by atoms with van der Waals surface area (Å²) in [6.07, 6.45) is 1.29. The number of piperidine rings is 1. The summed E-state index contributed by atoms with van der Waals surface area (Å²) in [4.78, 5) is 40.8. The first-order valence-electron chi connectivity index (χ1n) is 12.4. The number of amidine groups is 1. The zero-order valence-corrected chi connectivity index (χ0v) is 21.7. The summed E-state index contributed by atoms with van der Waals surface area (Å²) in [5, 5.41) is 15.1. The number of hydrogen-bond acceptors (Lipinski definition) is 5. The number of nitrogens with two attached hydrogens (primary N) is 1. The predicted octanol–water partition coefficient (Wildman–Crippen LogP) is 3.90. The van der Waals surface area contributed by atoms with Crippen LogP contribution in [0.3, 0.4) is 0 Å². The van der Waals surface area contributed by atoms with E-state index in [4.69, 9.17) is 11.1 Å². The number of hydrogen-bond donors (Lipinski definition) is 4. The largest absolute Gasteiger partial charge is 0.384 e. The van der Waals surface area contributed by atoms with Gasteiger partial charge in [0.05, 0.1) is 11.5 Å². The number of anilines is 1. The van der Waals surface area contributed by atoms with Crippen LogP contribution in [0.5, 0.6) is 0 Å². The number of rotatable bonds is 6. The van der Waals surface area contributed by atoms with Crippen molar-refractivity contribution in [1.82, 2.24) is 10.2 Å². The van der Waals surface area contributed by atoms with Gasteiger partial charge in [-0.2, -0.15) is 8.78 Å². The molecule has 1 saturated carbocycles. The van der Waals surface area contributed by atoms with Gasteiger partial charge in [0.25, 0.3) is 11.8 Å². The molecule has 2 heterocycles. The van der Waals surface area contributed by atoms with Crippen molar-refractivity contribution in [3.05, 3.63) is 76.2 Å². The number of alkyl halides is 2. The fraction of sp³-hybridized carbons (Fsp3) is 0.286. The lowest BCUT2D eigenvalue weighted by Crippen LogP contribution is -2.49. The van der Waals surface area contributed by atoms with Crippen LogP contribution in [-0.4, -0.2) is 47.1 Å². The number of nitrogens with zero attached hydrogens (tertiary/aromatic N) is 1. The number of carbonyl (C=O) groups is 3. The molecule has 3 aliphatic rings. The number of fused-ring (bicyclic) bond motifs is 4. The smallest absolute Gasteiger partial charge is 0.299 e. The van der Waals surface area contributed by atoms with Crippen molar-refractivity contribution in [2.75, 3.05) is 11.9 Å². The quantitative estimate of drug-likeness (QED) is 0.275. The summed E-state index contributed by atoms with van der Waals surface area (Å²) in [5.74, 6) is -4.53. The molecule has 11 heteroatoms. The highest BCUT2D eigenvalue weighted by Crippen LogP contribution is 2.59. The summed E-state index contributed by atoms with van der Waals surface area (Å²) in [6, 6.07) is 11.0. The van der Waals surface area contributed by atoms with Crippen LogP contribution in [0.1, 0.15) is 46.8 Å². The Morgan fingerprint density at radius 2 is 1.82 bits per heavy atom. The normalized spacial score (nSPS) is 23.4. The van der Waals surface area contributed by atoms with Crippen LogP contribution in [0.25, 0.3) is 11.1 Å². The van der Waals surface area contributed by atoms with Gasteiger partial charge in [-0.3, -0.25) is 19.8 Å². The van der Waals surface area contributed by atoms with Gasteiger partial charge in [0.1, 0.15) is 11.9 Å². The van der Waals surface area contributed by atoms with E-state index in [0.29, 0.717) is 28.1 Å². The molecule has 200 valence electrons. The summed E-state index contributed by atoms with van der Waals surface area (Å²) in [5.41, 5.74) is 6.43. The Morgan fingerprint density at radius 1 is 1.08 bits per heavy atom. The maximum Gasteiger partial charge on any atom is 0.299 e. The van der Waals surface area contributed by atoms with Gasteiger partial charge in [0.15, 0.2) is 0 Å². The van der Waals surface area contributed by atoms with E-state index in [-0.39, 0.29) is 52.3 Å². The molecular weight excluding hydrogens is 524 g/mol. The van der Waals surface area contributed by atoms with Gasteiger partial charge in [-0.1, -0.05) is 37.3 Å². The van der Waals surface area contributed by atoms with Crippen molar-refractivity contribution in [2.24, 2.45) is 11.1 Å². The first-order chi connectivity index (χ1) is 18.5. The highest BCUT2D eigenvalue weighted by molar-refractivity contribution is 7.14. The number of amides is 3. The van der Waals surface area contributed by atoms with Crippen LogP contribution in [0.15, 0.2) is 53.9 Å². The van der Waals surface area contributed by atoms with Crippen LogP contribution < -0.4 is 16.4 Å². The average Bonchev–Trinajstić information content (AvgIpc) is 3.20. The van der Waals surface area contributed by atoms with Crippen molar-refractivity contribution in [1.29, 1.82) is 5.41 Å². The van der Waals surface area contributed by atoms with E-state index in [1.54, 1.807) is 34.5 Å². The Labute approximate surface area is 226 Å². The first kappa shape index (κ1) is 25.2. The van der Waals surface area contributed by atoms with Crippen molar-refractivity contribution < 1.29 is 23.2 Å². The second kappa shape index (κ2) is 8.70. The molecule has 3 unspecified atom stereocenters. The molecule has 39 heavy (non-hydrogen) atoms. The molecule has 5 N–H and O–H groups in total. The van der Waals surface area contributed by atoms with Crippen LogP contribution >= 0.6 is 11.3 Å². The lowest BCUT2D eigenvalue weighted by Gasteiger charge is -2.26. The van der Waals surface area contributed by atoms with E-state index in [9.17, 15) is 23.2 Å². The third-order valence-corrected chi connectivity index (χ3v) is 8.80. The Kier molecular flexibility index (Phi) is 5.62. The van der Waals surface area contributed by atoms with Gasteiger partial charge in [0.2, 0.25) is 11.8 Å². The number of likely N-dealkylation sites (tertiary alicyclic amines) is 1. The number of thiophene rings is 1. The maximum atomic E-state index is 14.8. The molecule has 3 atom stereocenters. The molecule has 8 nitrogen and oxygen atoms in total. The van der Waals surface area contributed by atoms with E-state index in [1.807, 2.05) is 6.92 Å². The summed E-state index contributed by atoms with van der Waals surface area (Å²) < 4.78 is 29.7. The predicted molar refractivity (Wildman–Crippen MR) is 143 cm³/mol.